The number of benzene rings is 1. The first-order chi connectivity index (χ1) is 10.3. The summed E-state index contributed by atoms with van der Waals surface area (Å²) in [4.78, 5) is 10.2. The lowest BCUT2D eigenvalue weighted by Gasteiger charge is -2.24. The van der Waals surface area contributed by atoms with Crippen molar-refractivity contribution in [3.8, 4) is 0 Å². The third kappa shape index (κ3) is 2.23. The van der Waals surface area contributed by atoms with Gasteiger partial charge in [-0.1, -0.05) is 12.1 Å². The molecule has 1 aromatic carbocycles. The first-order valence-electron chi connectivity index (χ1n) is 7.16. The maximum absolute atomic E-state index is 5.84. The van der Waals surface area contributed by atoms with Crippen LogP contribution in [0.25, 0.3) is 10.9 Å². The molecule has 21 heavy (non-hydrogen) atoms. The van der Waals surface area contributed by atoms with Crippen molar-refractivity contribution in [3.05, 3.63) is 46.2 Å². The van der Waals surface area contributed by atoms with E-state index in [2.05, 4.69) is 26.7 Å². The van der Waals surface area contributed by atoms with Crippen LogP contribution in [0.3, 0.4) is 0 Å². The Labute approximate surface area is 127 Å². The van der Waals surface area contributed by atoms with Gasteiger partial charge in [-0.3, -0.25) is 0 Å². The van der Waals surface area contributed by atoms with Crippen LogP contribution in [0.5, 0.6) is 0 Å². The fourth-order valence-electron chi connectivity index (χ4n) is 3.01. The summed E-state index contributed by atoms with van der Waals surface area (Å²) in [5.74, 6) is 1.15. The molecule has 0 saturated carbocycles. The van der Waals surface area contributed by atoms with Gasteiger partial charge in [0.15, 0.2) is 0 Å². The van der Waals surface area contributed by atoms with E-state index >= 15 is 0 Å². The monoisotopic (exact) mass is 296 g/mol. The molecule has 0 bridgehead atoms. The first kappa shape index (κ1) is 12.6. The minimum absolute atomic E-state index is 0.317. The van der Waals surface area contributed by atoms with Gasteiger partial charge in [-0.25, -0.2) is 4.98 Å². The van der Waals surface area contributed by atoms with Gasteiger partial charge in [-0.2, -0.15) is 4.98 Å². The number of nitrogen functional groups attached to an aromatic ring is 1. The number of anilines is 2. The Hall–Kier alpha value is -2.14. The minimum atomic E-state index is 0.317. The Morgan fingerprint density at radius 2 is 2.10 bits per heavy atom. The van der Waals surface area contributed by atoms with Gasteiger partial charge in [0, 0.05) is 10.3 Å². The normalized spacial score (nSPS) is 17.6. The number of aryl methyl sites for hydroxylation is 1. The third-order valence-corrected chi connectivity index (χ3v) is 4.98. The molecule has 2 heterocycles. The van der Waals surface area contributed by atoms with Crippen LogP contribution in [0.15, 0.2) is 35.7 Å². The second kappa shape index (κ2) is 5.00. The second-order valence-electron chi connectivity index (χ2n) is 5.34. The zero-order chi connectivity index (χ0) is 14.2. The van der Waals surface area contributed by atoms with Crippen molar-refractivity contribution in [2.45, 2.75) is 25.3 Å². The molecule has 1 aliphatic carbocycles. The summed E-state index contributed by atoms with van der Waals surface area (Å²) in [6.07, 6.45) is 3.53. The molecule has 0 amide bonds. The van der Waals surface area contributed by atoms with Gasteiger partial charge < -0.3 is 11.1 Å². The van der Waals surface area contributed by atoms with Crippen molar-refractivity contribution < 1.29 is 0 Å². The largest absolute Gasteiger partial charge is 0.368 e. The van der Waals surface area contributed by atoms with E-state index in [1.54, 1.807) is 0 Å². The van der Waals surface area contributed by atoms with E-state index in [9.17, 15) is 0 Å². The SMILES string of the molecule is Nc1nc(NC2CCCc3sccc32)c2ccccc2n1. The lowest BCUT2D eigenvalue weighted by Crippen LogP contribution is -2.17. The van der Waals surface area contributed by atoms with Crippen molar-refractivity contribution in [1.82, 2.24) is 9.97 Å². The summed E-state index contributed by atoms with van der Waals surface area (Å²) < 4.78 is 0. The van der Waals surface area contributed by atoms with Gasteiger partial charge in [0.1, 0.15) is 5.82 Å². The molecular formula is C16H16N4S. The number of hydrogen-bond donors (Lipinski definition) is 2. The molecule has 5 heteroatoms. The van der Waals surface area contributed by atoms with E-state index < -0.39 is 0 Å². The van der Waals surface area contributed by atoms with Gasteiger partial charge >= 0.3 is 0 Å². The lowest BCUT2D eigenvalue weighted by molar-refractivity contribution is 0.607. The lowest BCUT2D eigenvalue weighted by atomic mass is 9.94. The van der Waals surface area contributed by atoms with Crippen LogP contribution in [-0.4, -0.2) is 9.97 Å². The molecule has 0 aliphatic heterocycles. The summed E-state index contributed by atoms with van der Waals surface area (Å²) >= 11 is 1.85. The smallest absolute Gasteiger partial charge is 0.222 e. The van der Waals surface area contributed by atoms with E-state index in [1.807, 2.05) is 35.6 Å². The summed E-state index contributed by atoms with van der Waals surface area (Å²) in [6, 6.07) is 10.5. The van der Waals surface area contributed by atoms with Crippen molar-refractivity contribution in [3.63, 3.8) is 0 Å². The summed E-state index contributed by atoms with van der Waals surface area (Å²) in [5.41, 5.74) is 8.14. The maximum Gasteiger partial charge on any atom is 0.222 e. The third-order valence-electron chi connectivity index (χ3n) is 3.98. The average molecular weight is 296 g/mol. The van der Waals surface area contributed by atoms with Crippen LogP contribution >= 0.6 is 11.3 Å². The number of aromatic nitrogens is 2. The van der Waals surface area contributed by atoms with Crippen LogP contribution in [0.2, 0.25) is 0 Å². The summed E-state index contributed by atoms with van der Waals surface area (Å²) in [6.45, 7) is 0. The van der Waals surface area contributed by atoms with Crippen molar-refractivity contribution >= 4 is 34.0 Å². The fourth-order valence-corrected chi connectivity index (χ4v) is 3.99. The summed E-state index contributed by atoms with van der Waals surface area (Å²) in [7, 11) is 0. The van der Waals surface area contributed by atoms with E-state index in [1.165, 1.54) is 23.3 Å². The van der Waals surface area contributed by atoms with Gasteiger partial charge in [0.05, 0.1) is 11.6 Å². The number of hydrogen-bond acceptors (Lipinski definition) is 5. The highest BCUT2D eigenvalue weighted by atomic mass is 32.1. The molecule has 1 aliphatic rings. The molecule has 4 nitrogen and oxygen atoms in total. The molecule has 0 spiro atoms. The fraction of sp³-hybridized carbons (Fsp3) is 0.250. The van der Waals surface area contributed by atoms with Crippen molar-refractivity contribution in [2.75, 3.05) is 11.1 Å². The predicted molar refractivity (Wildman–Crippen MR) is 87.6 cm³/mol. The molecule has 0 radical (unpaired) electrons. The van der Waals surface area contributed by atoms with Gasteiger partial charge in [0.25, 0.3) is 0 Å². The molecule has 0 fully saturated rings. The van der Waals surface area contributed by atoms with Crippen LogP contribution in [-0.2, 0) is 6.42 Å². The zero-order valence-corrected chi connectivity index (χ0v) is 12.4. The topological polar surface area (TPSA) is 63.8 Å². The Balaban J connectivity index is 1.76. The maximum atomic E-state index is 5.84. The predicted octanol–water partition coefficient (Wildman–Crippen LogP) is 3.76. The molecule has 4 rings (SSSR count). The molecule has 0 saturated heterocycles. The molecule has 1 unspecified atom stereocenters. The van der Waals surface area contributed by atoms with Crippen molar-refractivity contribution in [2.24, 2.45) is 0 Å². The molecule has 2 aromatic heterocycles. The van der Waals surface area contributed by atoms with Gasteiger partial charge in [0.2, 0.25) is 5.95 Å². The minimum Gasteiger partial charge on any atom is -0.368 e. The Morgan fingerprint density at radius 1 is 1.19 bits per heavy atom. The number of para-hydroxylation sites is 1. The number of thiophene rings is 1. The highest BCUT2D eigenvalue weighted by Gasteiger charge is 2.22. The van der Waals surface area contributed by atoms with Gasteiger partial charge in [-0.15, -0.1) is 11.3 Å². The quantitative estimate of drug-likeness (QED) is 0.755. The molecule has 1 atom stereocenters. The van der Waals surface area contributed by atoms with Crippen LogP contribution in [0.4, 0.5) is 11.8 Å². The van der Waals surface area contributed by atoms with Crippen molar-refractivity contribution in [1.29, 1.82) is 0 Å². The zero-order valence-electron chi connectivity index (χ0n) is 11.5. The number of rotatable bonds is 2. The van der Waals surface area contributed by atoms with Gasteiger partial charge in [-0.05, 0) is 48.4 Å². The van der Waals surface area contributed by atoms with Crippen LogP contribution in [0.1, 0.15) is 29.3 Å². The highest BCUT2D eigenvalue weighted by Crippen LogP contribution is 2.36. The standard InChI is InChI=1S/C16H16N4S/c17-16-19-13-5-2-1-4-11(13)15(20-16)18-12-6-3-7-14-10(12)8-9-21-14/h1-2,4-5,8-9,12H,3,6-7H2,(H3,17,18,19,20). The second-order valence-corrected chi connectivity index (χ2v) is 6.34. The number of nitrogens with zero attached hydrogens (tertiary/aromatic N) is 2. The average Bonchev–Trinajstić information content (AvgIpc) is 2.96. The highest BCUT2D eigenvalue weighted by molar-refractivity contribution is 7.10. The molecular weight excluding hydrogens is 280 g/mol. The molecule has 3 aromatic rings. The van der Waals surface area contributed by atoms with E-state index in [0.717, 1.165) is 23.1 Å². The van der Waals surface area contributed by atoms with E-state index in [4.69, 9.17) is 5.73 Å². The van der Waals surface area contributed by atoms with E-state index in [-0.39, 0.29) is 0 Å². The molecule has 106 valence electrons. The number of fused-ring (bicyclic) bond motifs is 2. The Kier molecular flexibility index (Phi) is 3.00. The Morgan fingerprint density at radius 3 is 3.05 bits per heavy atom. The Bertz CT molecular complexity index is 796. The number of nitrogens with two attached hydrogens (primary N) is 1. The number of nitrogens with one attached hydrogen (secondary N) is 1. The van der Waals surface area contributed by atoms with E-state index in [0.29, 0.717) is 12.0 Å². The van der Waals surface area contributed by atoms with Crippen LogP contribution < -0.4 is 11.1 Å². The summed E-state index contributed by atoms with van der Waals surface area (Å²) in [5, 5.41) is 6.78. The molecule has 3 N–H and O–H groups in total. The van der Waals surface area contributed by atoms with Crippen LogP contribution in [0, 0.1) is 0 Å². The first-order valence-corrected chi connectivity index (χ1v) is 8.04.